The number of amides is 2. The van der Waals surface area contributed by atoms with Crippen LogP contribution < -0.4 is 9.62 Å². The molecule has 0 aliphatic carbocycles. The maximum absolute atomic E-state index is 13.4. The van der Waals surface area contributed by atoms with Crippen LogP contribution in [0.5, 0.6) is 0 Å². The van der Waals surface area contributed by atoms with E-state index in [0.717, 1.165) is 10.6 Å². The number of anilines is 1. The Kier molecular flexibility index (Phi) is 9.21. The van der Waals surface area contributed by atoms with Crippen molar-refractivity contribution in [2.24, 2.45) is 0 Å². The fourth-order valence-electron chi connectivity index (χ4n) is 3.18. The zero-order valence-electron chi connectivity index (χ0n) is 17.8. The van der Waals surface area contributed by atoms with Gasteiger partial charge in [-0.25, -0.2) is 8.42 Å². The maximum atomic E-state index is 13.4. The second-order valence-electron chi connectivity index (χ2n) is 7.01. The third kappa shape index (κ3) is 6.51. The fraction of sp³-hybridized carbons (Fsp3) is 0.333. The molecule has 174 valence electrons. The number of halogens is 3. The van der Waals surface area contributed by atoms with Gasteiger partial charge in [0.15, 0.2) is 0 Å². The van der Waals surface area contributed by atoms with Crippen molar-refractivity contribution in [3.05, 3.63) is 63.1 Å². The van der Waals surface area contributed by atoms with Crippen molar-refractivity contribution in [3.63, 3.8) is 0 Å². The van der Waals surface area contributed by atoms with Gasteiger partial charge in [-0.15, -0.1) is 0 Å². The second-order valence-corrected chi connectivity index (χ2v) is 10.2. The molecule has 0 spiro atoms. The summed E-state index contributed by atoms with van der Waals surface area (Å²) < 4.78 is 25.9. The summed E-state index contributed by atoms with van der Waals surface area (Å²) in [7, 11) is -2.37. The third-order valence-corrected chi connectivity index (χ3v) is 6.88. The van der Waals surface area contributed by atoms with Crippen LogP contribution in [0, 0.1) is 0 Å². The first-order valence-corrected chi connectivity index (χ1v) is 12.6. The van der Waals surface area contributed by atoms with Gasteiger partial charge in [-0.1, -0.05) is 53.9 Å². The van der Waals surface area contributed by atoms with E-state index in [1.807, 2.05) is 0 Å². The summed E-state index contributed by atoms with van der Waals surface area (Å²) in [5.74, 6) is -0.987. The Balaban J connectivity index is 2.49. The van der Waals surface area contributed by atoms with E-state index in [2.05, 4.69) is 5.32 Å². The first kappa shape index (κ1) is 26.3. The number of hydrogen-bond acceptors (Lipinski definition) is 4. The molecule has 0 aromatic heterocycles. The van der Waals surface area contributed by atoms with Crippen LogP contribution in [0.25, 0.3) is 0 Å². The zero-order valence-corrected chi connectivity index (χ0v) is 20.9. The van der Waals surface area contributed by atoms with Gasteiger partial charge in [0.25, 0.3) is 0 Å². The lowest BCUT2D eigenvalue weighted by molar-refractivity contribution is -0.140. The number of likely N-dealkylation sites (N-methyl/N-ethyl adjacent to an activating group) is 1. The first-order valence-electron chi connectivity index (χ1n) is 9.66. The number of rotatable bonds is 9. The van der Waals surface area contributed by atoms with Gasteiger partial charge >= 0.3 is 0 Å². The van der Waals surface area contributed by atoms with Crippen LogP contribution in [0.1, 0.15) is 18.9 Å². The molecule has 0 bridgehead atoms. The predicted molar refractivity (Wildman–Crippen MR) is 129 cm³/mol. The average Bonchev–Trinajstić information content (AvgIpc) is 2.72. The molecule has 2 aromatic rings. The van der Waals surface area contributed by atoms with Gasteiger partial charge in [-0.2, -0.15) is 0 Å². The van der Waals surface area contributed by atoms with Crippen molar-refractivity contribution in [3.8, 4) is 0 Å². The number of sulfonamides is 1. The second kappa shape index (κ2) is 11.2. The number of nitrogens with one attached hydrogen (secondary N) is 1. The summed E-state index contributed by atoms with van der Waals surface area (Å²) >= 11 is 18.6. The topological polar surface area (TPSA) is 86.8 Å². The predicted octanol–water partition coefficient (Wildman–Crippen LogP) is 3.97. The Morgan fingerprint density at radius 2 is 1.66 bits per heavy atom. The third-order valence-electron chi connectivity index (χ3n) is 4.80. The number of benzene rings is 2. The standard InChI is InChI=1S/C21H24Cl3N3O4S/c1-4-19(21(29)25-2)26(12-16-17(23)9-6-10-18(16)24)20(28)13-27(32(3,30)31)15-8-5-7-14(22)11-15/h5-11,19H,4,12-13H2,1-3H3,(H,25,29)/t19-/m1/s1. The number of carbonyl (C=O) groups is 2. The van der Waals surface area contributed by atoms with Crippen LogP contribution >= 0.6 is 34.8 Å². The average molecular weight is 521 g/mol. The lowest BCUT2D eigenvalue weighted by Gasteiger charge is -2.33. The Morgan fingerprint density at radius 3 is 2.16 bits per heavy atom. The minimum atomic E-state index is -3.84. The molecule has 32 heavy (non-hydrogen) atoms. The van der Waals surface area contributed by atoms with E-state index in [1.165, 1.54) is 24.1 Å². The number of carbonyl (C=O) groups excluding carboxylic acids is 2. The molecule has 0 aliphatic heterocycles. The highest BCUT2D eigenvalue weighted by Crippen LogP contribution is 2.28. The summed E-state index contributed by atoms with van der Waals surface area (Å²) in [4.78, 5) is 27.2. The molecule has 11 heteroatoms. The van der Waals surface area contributed by atoms with Crippen molar-refractivity contribution in [1.82, 2.24) is 10.2 Å². The molecule has 1 atom stereocenters. The largest absolute Gasteiger partial charge is 0.357 e. The summed E-state index contributed by atoms with van der Waals surface area (Å²) in [6.07, 6.45) is 1.29. The van der Waals surface area contributed by atoms with E-state index in [-0.39, 0.29) is 12.2 Å². The molecule has 2 amide bonds. The molecule has 0 unspecified atom stereocenters. The Labute approximate surface area is 203 Å². The highest BCUT2D eigenvalue weighted by atomic mass is 35.5. The van der Waals surface area contributed by atoms with Gasteiger partial charge in [0.05, 0.1) is 11.9 Å². The van der Waals surface area contributed by atoms with Crippen LogP contribution in [-0.2, 0) is 26.2 Å². The molecule has 2 rings (SSSR count). The van der Waals surface area contributed by atoms with E-state index < -0.39 is 34.4 Å². The maximum Gasteiger partial charge on any atom is 0.244 e. The molecule has 0 radical (unpaired) electrons. The van der Waals surface area contributed by atoms with Crippen molar-refractivity contribution >= 4 is 62.3 Å². The Morgan fingerprint density at radius 1 is 1.06 bits per heavy atom. The van der Waals surface area contributed by atoms with Crippen LogP contribution in [0.4, 0.5) is 5.69 Å². The van der Waals surface area contributed by atoms with Gasteiger partial charge in [0, 0.05) is 34.2 Å². The van der Waals surface area contributed by atoms with E-state index >= 15 is 0 Å². The molecular formula is C21H24Cl3N3O4S. The minimum Gasteiger partial charge on any atom is -0.357 e. The lowest BCUT2D eigenvalue weighted by atomic mass is 10.1. The summed E-state index contributed by atoms with van der Waals surface area (Å²) in [5.41, 5.74) is 0.692. The zero-order chi connectivity index (χ0) is 24.1. The molecule has 0 fully saturated rings. The van der Waals surface area contributed by atoms with Crippen molar-refractivity contribution < 1.29 is 18.0 Å². The van der Waals surface area contributed by atoms with Gasteiger partial charge in [0.1, 0.15) is 12.6 Å². The molecular weight excluding hydrogens is 497 g/mol. The normalized spacial score (nSPS) is 12.2. The highest BCUT2D eigenvalue weighted by Gasteiger charge is 2.32. The van der Waals surface area contributed by atoms with Crippen LogP contribution in [0.15, 0.2) is 42.5 Å². The van der Waals surface area contributed by atoms with Crippen molar-refractivity contribution in [1.29, 1.82) is 0 Å². The smallest absolute Gasteiger partial charge is 0.244 e. The van der Waals surface area contributed by atoms with E-state index in [1.54, 1.807) is 37.3 Å². The van der Waals surface area contributed by atoms with E-state index in [9.17, 15) is 18.0 Å². The molecule has 0 heterocycles. The minimum absolute atomic E-state index is 0.0730. The summed E-state index contributed by atoms with van der Waals surface area (Å²) in [6, 6.07) is 10.2. The Bertz CT molecular complexity index is 1080. The van der Waals surface area contributed by atoms with E-state index in [0.29, 0.717) is 27.1 Å². The van der Waals surface area contributed by atoms with Crippen LogP contribution in [-0.4, -0.2) is 51.0 Å². The quantitative estimate of drug-likeness (QED) is 0.542. The highest BCUT2D eigenvalue weighted by molar-refractivity contribution is 7.92. The lowest BCUT2D eigenvalue weighted by Crippen LogP contribution is -2.51. The van der Waals surface area contributed by atoms with Crippen molar-refractivity contribution in [2.75, 3.05) is 24.2 Å². The molecule has 2 aromatic carbocycles. The number of hydrogen-bond donors (Lipinski definition) is 1. The Hall–Kier alpha value is -2.00. The summed E-state index contributed by atoms with van der Waals surface area (Å²) in [6.45, 7) is 1.14. The molecule has 0 aliphatic rings. The van der Waals surface area contributed by atoms with E-state index in [4.69, 9.17) is 34.8 Å². The molecule has 7 nitrogen and oxygen atoms in total. The fourth-order valence-corrected chi connectivity index (χ4v) is 4.73. The SMILES string of the molecule is CC[C@H](C(=O)NC)N(Cc1c(Cl)cccc1Cl)C(=O)CN(c1cccc(Cl)c1)S(C)(=O)=O. The van der Waals surface area contributed by atoms with Crippen LogP contribution in [0.2, 0.25) is 15.1 Å². The first-order chi connectivity index (χ1) is 15.0. The molecule has 1 N–H and O–H groups in total. The van der Waals surface area contributed by atoms with Gasteiger partial charge in [-0.05, 0) is 36.8 Å². The molecule has 0 saturated heterocycles. The number of nitrogens with zero attached hydrogens (tertiary/aromatic N) is 2. The van der Waals surface area contributed by atoms with Gasteiger partial charge in [-0.3, -0.25) is 13.9 Å². The monoisotopic (exact) mass is 519 g/mol. The molecule has 0 saturated carbocycles. The van der Waals surface area contributed by atoms with Crippen LogP contribution in [0.3, 0.4) is 0 Å². The van der Waals surface area contributed by atoms with Crippen molar-refractivity contribution in [2.45, 2.75) is 25.9 Å². The van der Waals surface area contributed by atoms with Gasteiger partial charge in [0.2, 0.25) is 21.8 Å². The van der Waals surface area contributed by atoms with Gasteiger partial charge < -0.3 is 10.2 Å². The summed E-state index contributed by atoms with van der Waals surface area (Å²) in [5, 5.41) is 3.52.